The summed E-state index contributed by atoms with van der Waals surface area (Å²) in [6, 6.07) is 22.8. The fourth-order valence-corrected chi connectivity index (χ4v) is 5.02. The number of hydrogen-bond donors (Lipinski definition) is 2. The highest BCUT2D eigenvalue weighted by atomic mass is 19.1. The Balaban J connectivity index is 1.16. The zero-order valence-electron chi connectivity index (χ0n) is 19.3. The van der Waals surface area contributed by atoms with E-state index in [-0.39, 0.29) is 17.5 Å². The fourth-order valence-electron chi connectivity index (χ4n) is 5.02. The molecule has 1 aliphatic heterocycles. The molecule has 1 atom stereocenters. The second-order valence-electron chi connectivity index (χ2n) is 9.17. The van der Waals surface area contributed by atoms with Crippen molar-refractivity contribution in [2.45, 2.75) is 25.6 Å². The lowest BCUT2D eigenvalue weighted by atomic mass is 10.2. The number of benzene rings is 3. The summed E-state index contributed by atoms with van der Waals surface area (Å²) < 4.78 is 17.4. The summed E-state index contributed by atoms with van der Waals surface area (Å²) >= 11 is 0. The van der Waals surface area contributed by atoms with Crippen molar-refractivity contribution in [3.8, 4) is 0 Å². The number of nitrogens with zero attached hydrogens (tertiary/aromatic N) is 4. The van der Waals surface area contributed by atoms with Gasteiger partial charge in [0.05, 0.1) is 28.6 Å². The molecule has 0 radical (unpaired) electrons. The highest BCUT2D eigenvalue weighted by Gasteiger charge is 2.24. The normalized spacial score (nSPS) is 16.4. The number of aromatic amines is 1. The maximum Gasteiger partial charge on any atom is 0.326 e. The molecule has 3 aromatic carbocycles. The fraction of sp³-hybridized carbons (Fsp3) is 0.259. The minimum absolute atomic E-state index is 0.0606. The van der Waals surface area contributed by atoms with Gasteiger partial charge in [0.2, 0.25) is 5.95 Å². The lowest BCUT2D eigenvalue weighted by Gasteiger charge is -2.18. The van der Waals surface area contributed by atoms with Crippen molar-refractivity contribution in [3.63, 3.8) is 0 Å². The Bertz CT molecular complexity index is 1530. The Morgan fingerprint density at radius 1 is 0.943 bits per heavy atom. The van der Waals surface area contributed by atoms with Crippen LogP contribution < -0.4 is 11.0 Å². The van der Waals surface area contributed by atoms with Gasteiger partial charge in [-0.3, -0.25) is 9.47 Å². The Labute approximate surface area is 201 Å². The van der Waals surface area contributed by atoms with Gasteiger partial charge in [-0.25, -0.2) is 14.2 Å². The molecule has 1 fully saturated rings. The van der Waals surface area contributed by atoms with Crippen LogP contribution in [0.4, 0.5) is 10.3 Å². The molecular formula is C27H27FN6O. The van der Waals surface area contributed by atoms with Gasteiger partial charge in [0.25, 0.3) is 0 Å². The molecule has 0 aliphatic carbocycles. The van der Waals surface area contributed by atoms with E-state index in [1.807, 2.05) is 59.2 Å². The van der Waals surface area contributed by atoms with Crippen molar-refractivity contribution >= 4 is 28.0 Å². The molecule has 1 unspecified atom stereocenters. The molecule has 1 aliphatic rings. The van der Waals surface area contributed by atoms with E-state index in [0.717, 1.165) is 59.6 Å². The summed E-state index contributed by atoms with van der Waals surface area (Å²) in [4.78, 5) is 22.6. The number of para-hydroxylation sites is 4. The first kappa shape index (κ1) is 21.6. The van der Waals surface area contributed by atoms with Crippen LogP contribution in [-0.2, 0) is 13.1 Å². The topological polar surface area (TPSA) is 70.9 Å². The molecule has 2 N–H and O–H groups in total. The van der Waals surface area contributed by atoms with Crippen LogP contribution in [0.1, 0.15) is 12.0 Å². The van der Waals surface area contributed by atoms with Gasteiger partial charge in [-0.05, 0) is 48.4 Å². The molecular weight excluding hydrogens is 443 g/mol. The summed E-state index contributed by atoms with van der Waals surface area (Å²) in [7, 11) is 0. The van der Waals surface area contributed by atoms with Gasteiger partial charge in [0, 0.05) is 32.2 Å². The van der Waals surface area contributed by atoms with Crippen molar-refractivity contribution in [2.24, 2.45) is 0 Å². The average Bonchev–Trinajstić information content (AvgIpc) is 3.55. The highest BCUT2D eigenvalue weighted by Crippen LogP contribution is 2.24. The van der Waals surface area contributed by atoms with Gasteiger partial charge >= 0.3 is 5.69 Å². The molecule has 0 spiro atoms. The summed E-state index contributed by atoms with van der Waals surface area (Å²) in [6.45, 7) is 3.93. The standard InChI is InChI=1S/C27H27FN6O/c28-20-11-9-19(10-12-20)17-34-25-8-4-1-5-22(25)30-26(34)29-21-13-14-32(18-21)15-16-33-24-7-3-2-6-23(24)31-27(33)35/h1-12,21H,13-18H2,(H,29,30)(H,31,35). The number of imidazole rings is 2. The molecule has 2 aromatic heterocycles. The summed E-state index contributed by atoms with van der Waals surface area (Å²) in [5, 5.41) is 3.66. The van der Waals surface area contributed by atoms with Crippen LogP contribution in [-0.4, -0.2) is 49.7 Å². The van der Waals surface area contributed by atoms with Gasteiger partial charge in [-0.2, -0.15) is 0 Å². The number of aromatic nitrogens is 4. The van der Waals surface area contributed by atoms with Crippen molar-refractivity contribution in [1.29, 1.82) is 0 Å². The van der Waals surface area contributed by atoms with Gasteiger partial charge in [0.1, 0.15) is 5.82 Å². The average molecular weight is 471 g/mol. The maximum absolute atomic E-state index is 13.4. The van der Waals surface area contributed by atoms with E-state index in [4.69, 9.17) is 4.98 Å². The Morgan fingerprint density at radius 3 is 2.57 bits per heavy atom. The SMILES string of the molecule is O=c1[nH]c2ccccc2n1CCN1CCC(Nc2nc3ccccc3n2Cc2ccc(F)cc2)C1. The zero-order chi connectivity index (χ0) is 23.8. The zero-order valence-corrected chi connectivity index (χ0v) is 19.3. The minimum Gasteiger partial charge on any atom is -0.352 e. The van der Waals surface area contributed by atoms with E-state index in [1.54, 1.807) is 0 Å². The number of nitrogens with one attached hydrogen (secondary N) is 2. The number of likely N-dealkylation sites (tertiary alicyclic amines) is 1. The Hall–Kier alpha value is -3.91. The van der Waals surface area contributed by atoms with Crippen LogP contribution in [0.5, 0.6) is 0 Å². The number of fused-ring (bicyclic) bond motifs is 2. The van der Waals surface area contributed by atoms with E-state index >= 15 is 0 Å². The first-order valence-electron chi connectivity index (χ1n) is 12.0. The molecule has 3 heterocycles. The predicted molar refractivity (Wildman–Crippen MR) is 136 cm³/mol. The van der Waals surface area contributed by atoms with Crippen LogP contribution in [0.25, 0.3) is 22.1 Å². The molecule has 35 heavy (non-hydrogen) atoms. The lowest BCUT2D eigenvalue weighted by Crippen LogP contribution is -2.31. The number of H-pyrrole nitrogens is 1. The molecule has 0 saturated carbocycles. The van der Waals surface area contributed by atoms with E-state index in [9.17, 15) is 9.18 Å². The van der Waals surface area contributed by atoms with Crippen LogP contribution in [0.15, 0.2) is 77.6 Å². The molecule has 8 heteroatoms. The van der Waals surface area contributed by atoms with Crippen molar-refractivity contribution in [1.82, 2.24) is 24.0 Å². The minimum atomic E-state index is -0.233. The van der Waals surface area contributed by atoms with Crippen molar-refractivity contribution in [3.05, 3.63) is 94.7 Å². The number of halogens is 1. The van der Waals surface area contributed by atoms with Gasteiger partial charge in [-0.15, -0.1) is 0 Å². The summed E-state index contributed by atoms with van der Waals surface area (Å²) in [5.41, 5.74) is 4.77. The van der Waals surface area contributed by atoms with E-state index in [2.05, 4.69) is 25.8 Å². The monoisotopic (exact) mass is 470 g/mol. The lowest BCUT2D eigenvalue weighted by molar-refractivity contribution is 0.320. The van der Waals surface area contributed by atoms with E-state index < -0.39 is 0 Å². The van der Waals surface area contributed by atoms with Crippen molar-refractivity contribution in [2.75, 3.05) is 25.0 Å². The summed E-state index contributed by atoms with van der Waals surface area (Å²) in [5.74, 6) is 0.596. The third-order valence-electron chi connectivity index (χ3n) is 6.84. The number of rotatable bonds is 7. The third kappa shape index (κ3) is 4.33. The molecule has 1 saturated heterocycles. The molecule has 178 valence electrons. The Morgan fingerprint density at radius 2 is 1.71 bits per heavy atom. The second-order valence-corrected chi connectivity index (χ2v) is 9.17. The first-order chi connectivity index (χ1) is 17.1. The largest absolute Gasteiger partial charge is 0.352 e. The summed E-state index contributed by atoms with van der Waals surface area (Å²) in [6.07, 6.45) is 1.00. The van der Waals surface area contributed by atoms with Gasteiger partial charge in [-0.1, -0.05) is 36.4 Å². The van der Waals surface area contributed by atoms with Crippen LogP contribution >= 0.6 is 0 Å². The third-order valence-corrected chi connectivity index (χ3v) is 6.84. The first-order valence-corrected chi connectivity index (χ1v) is 12.0. The highest BCUT2D eigenvalue weighted by molar-refractivity contribution is 5.79. The molecule has 0 bridgehead atoms. The predicted octanol–water partition coefficient (Wildman–Crippen LogP) is 4.05. The maximum atomic E-state index is 13.4. The van der Waals surface area contributed by atoms with Crippen molar-refractivity contribution < 1.29 is 4.39 Å². The molecule has 0 amide bonds. The van der Waals surface area contributed by atoms with Crippen LogP contribution in [0.3, 0.4) is 0 Å². The van der Waals surface area contributed by atoms with Gasteiger partial charge in [0.15, 0.2) is 0 Å². The molecule has 7 nitrogen and oxygen atoms in total. The number of hydrogen-bond acceptors (Lipinski definition) is 4. The Kier molecular flexibility index (Phi) is 5.58. The number of anilines is 1. The quantitative estimate of drug-likeness (QED) is 0.377. The van der Waals surface area contributed by atoms with Crippen LogP contribution in [0, 0.1) is 5.82 Å². The van der Waals surface area contributed by atoms with E-state index in [1.165, 1.54) is 12.1 Å². The molecule has 5 aromatic rings. The van der Waals surface area contributed by atoms with E-state index in [0.29, 0.717) is 13.1 Å². The van der Waals surface area contributed by atoms with Gasteiger partial charge < -0.3 is 14.9 Å². The smallest absolute Gasteiger partial charge is 0.326 e. The second kappa shape index (κ2) is 9.03. The van der Waals surface area contributed by atoms with Crippen LogP contribution in [0.2, 0.25) is 0 Å². The molecule has 6 rings (SSSR count).